The first kappa shape index (κ1) is 6.94. The maximum atomic E-state index is 3.83. The van der Waals surface area contributed by atoms with E-state index in [1.54, 1.807) is 19.3 Å². The molecule has 11 heavy (non-hydrogen) atoms. The fraction of sp³-hybridized carbons (Fsp3) is 1.00. The van der Waals surface area contributed by atoms with Gasteiger partial charge in [0.05, 0.1) is 0 Å². The van der Waals surface area contributed by atoms with Crippen LogP contribution in [0.3, 0.4) is 0 Å². The van der Waals surface area contributed by atoms with Gasteiger partial charge in [-0.15, -0.1) is 0 Å². The van der Waals surface area contributed by atoms with E-state index in [1.807, 2.05) is 0 Å². The molecule has 0 N–H and O–H groups in total. The van der Waals surface area contributed by atoms with Gasteiger partial charge in [-0.05, 0) is 49.4 Å². The highest BCUT2D eigenvalue weighted by atomic mass is 79.9. The Labute approximate surface area is 76.9 Å². The Morgan fingerprint density at radius 1 is 0.909 bits per heavy atom. The molecular weight excluding hydrogens is 200 g/mol. The SMILES string of the molecule is Br[C@@H]1C[C@@H]2C[C@H]1[C@H]1CCC[C@@H]21. The predicted octanol–water partition coefficient (Wildman–Crippen LogP) is 3.21. The summed E-state index contributed by atoms with van der Waals surface area (Å²) in [5.41, 5.74) is 0. The standard InChI is InChI=1S/C10H15Br/c11-10-5-6-4-9(10)8-3-1-2-7(6)8/h6-10H,1-5H2/t6-,7-,8-,9-,10+/m0/s1. The van der Waals surface area contributed by atoms with Crippen LogP contribution in [-0.4, -0.2) is 4.83 Å². The van der Waals surface area contributed by atoms with Gasteiger partial charge in [0, 0.05) is 4.83 Å². The zero-order valence-corrected chi connectivity index (χ0v) is 8.39. The van der Waals surface area contributed by atoms with E-state index >= 15 is 0 Å². The first-order valence-corrected chi connectivity index (χ1v) is 5.92. The number of rotatable bonds is 0. The minimum absolute atomic E-state index is 0.895. The van der Waals surface area contributed by atoms with Crippen molar-refractivity contribution >= 4 is 15.9 Å². The van der Waals surface area contributed by atoms with Crippen LogP contribution < -0.4 is 0 Å². The third kappa shape index (κ3) is 0.811. The molecule has 3 rings (SSSR count). The fourth-order valence-electron chi connectivity index (χ4n) is 3.98. The van der Waals surface area contributed by atoms with Crippen LogP contribution in [0.1, 0.15) is 32.1 Å². The third-order valence-corrected chi connectivity index (χ3v) is 5.40. The van der Waals surface area contributed by atoms with Crippen molar-refractivity contribution in [1.29, 1.82) is 0 Å². The van der Waals surface area contributed by atoms with E-state index in [1.165, 1.54) is 12.8 Å². The zero-order valence-electron chi connectivity index (χ0n) is 6.80. The van der Waals surface area contributed by atoms with E-state index in [0.717, 1.165) is 28.5 Å². The maximum Gasteiger partial charge on any atom is 0.0179 e. The number of halogens is 1. The average Bonchev–Trinajstić information content (AvgIpc) is 2.52. The molecule has 3 saturated carbocycles. The largest absolute Gasteiger partial charge is 0.0887 e. The number of fused-ring (bicyclic) bond motifs is 5. The van der Waals surface area contributed by atoms with Crippen LogP contribution in [0.15, 0.2) is 0 Å². The van der Waals surface area contributed by atoms with Crippen molar-refractivity contribution in [1.82, 2.24) is 0 Å². The lowest BCUT2D eigenvalue weighted by Gasteiger charge is -2.27. The molecule has 3 aliphatic carbocycles. The summed E-state index contributed by atoms with van der Waals surface area (Å²) < 4.78 is 0. The van der Waals surface area contributed by atoms with Gasteiger partial charge < -0.3 is 0 Å². The Hall–Kier alpha value is 0.480. The van der Waals surface area contributed by atoms with E-state index in [9.17, 15) is 0 Å². The Morgan fingerprint density at radius 3 is 2.64 bits per heavy atom. The molecule has 0 nitrogen and oxygen atoms in total. The Kier molecular flexibility index (Phi) is 1.42. The van der Waals surface area contributed by atoms with Gasteiger partial charge in [0.15, 0.2) is 0 Å². The van der Waals surface area contributed by atoms with E-state index < -0.39 is 0 Å². The molecule has 0 aromatic rings. The van der Waals surface area contributed by atoms with Crippen LogP contribution in [0.2, 0.25) is 0 Å². The highest BCUT2D eigenvalue weighted by Crippen LogP contribution is 2.60. The Morgan fingerprint density at radius 2 is 1.73 bits per heavy atom. The van der Waals surface area contributed by atoms with Crippen molar-refractivity contribution in [2.45, 2.75) is 36.9 Å². The highest BCUT2D eigenvalue weighted by Gasteiger charge is 2.52. The molecule has 3 fully saturated rings. The summed E-state index contributed by atoms with van der Waals surface area (Å²) in [5.74, 6) is 4.50. The molecule has 0 radical (unpaired) electrons. The molecule has 0 amide bonds. The van der Waals surface area contributed by atoms with E-state index in [4.69, 9.17) is 0 Å². The van der Waals surface area contributed by atoms with Crippen molar-refractivity contribution in [2.24, 2.45) is 23.7 Å². The van der Waals surface area contributed by atoms with Gasteiger partial charge in [0.1, 0.15) is 0 Å². The second-order valence-corrected chi connectivity index (χ2v) is 5.85. The van der Waals surface area contributed by atoms with Crippen LogP contribution in [0, 0.1) is 23.7 Å². The van der Waals surface area contributed by atoms with E-state index in [-0.39, 0.29) is 0 Å². The average molecular weight is 215 g/mol. The summed E-state index contributed by atoms with van der Waals surface area (Å²) in [6.45, 7) is 0. The summed E-state index contributed by atoms with van der Waals surface area (Å²) >= 11 is 3.83. The fourth-order valence-corrected chi connectivity index (χ4v) is 5.07. The van der Waals surface area contributed by atoms with Gasteiger partial charge in [-0.1, -0.05) is 22.4 Å². The van der Waals surface area contributed by atoms with Gasteiger partial charge >= 0.3 is 0 Å². The van der Waals surface area contributed by atoms with Crippen LogP contribution >= 0.6 is 15.9 Å². The van der Waals surface area contributed by atoms with Crippen LogP contribution in [0.4, 0.5) is 0 Å². The molecule has 0 saturated heterocycles. The predicted molar refractivity (Wildman–Crippen MR) is 49.8 cm³/mol. The molecule has 0 aromatic carbocycles. The highest BCUT2D eigenvalue weighted by molar-refractivity contribution is 9.09. The van der Waals surface area contributed by atoms with Crippen LogP contribution in [-0.2, 0) is 0 Å². The van der Waals surface area contributed by atoms with Crippen LogP contribution in [0.5, 0.6) is 0 Å². The van der Waals surface area contributed by atoms with Gasteiger partial charge in [-0.3, -0.25) is 0 Å². The smallest absolute Gasteiger partial charge is 0.0179 e. The summed E-state index contributed by atoms with van der Waals surface area (Å²) in [4.78, 5) is 0.895. The quantitative estimate of drug-likeness (QED) is 0.544. The van der Waals surface area contributed by atoms with Crippen molar-refractivity contribution in [3.05, 3.63) is 0 Å². The molecule has 5 atom stereocenters. The number of hydrogen-bond donors (Lipinski definition) is 0. The van der Waals surface area contributed by atoms with Gasteiger partial charge in [-0.25, -0.2) is 0 Å². The molecule has 0 aliphatic heterocycles. The summed E-state index contributed by atoms with van der Waals surface area (Å²) in [6, 6.07) is 0. The van der Waals surface area contributed by atoms with Crippen molar-refractivity contribution in [3.63, 3.8) is 0 Å². The second kappa shape index (κ2) is 2.25. The van der Waals surface area contributed by atoms with E-state index in [2.05, 4.69) is 15.9 Å². The summed E-state index contributed by atoms with van der Waals surface area (Å²) in [7, 11) is 0. The zero-order chi connectivity index (χ0) is 7.42. The molecular formula is C10H15Br. The molecule has 0 unspecified atom stereocenters. The molecule has 2 bridgehead atoms. The van der Waals surface area contributed by atoms with Crippen molar-refractivity contribution in [2.75, 3.05) is 0 Å². The minimum Gasteiger partial charge on any atom is -0.0887 e. The molecule has 0 aromatic heterocycles. The van der Waals surface area contributed by atoms with E-state index in [0.29, 0.717) is 0 Å². The Bertz CT molecular complexity index is 178. The number of alkyl halides is 1. The lowest BCUT2D eigenvalue weighted by Crippen LogP contribution is -2.24. The van der Waals surface area contributed by atoms with Crippen molar-refractivity contribution in [3.8, 4) is 0 Å². The monoisotopic (exact) mass is 214 g/mol. The molecule has 1 heteroatoms. The van der Waals surface area contributed by atoms with Gasteiger partial charge in [0.25, 0.3) is 0 Å². The second-order valence-electron chi connectivity index (χ2n) is 4.67. The van der Waals surface area contributed by atoms with Crippen LogP contribution in [0.25, 0.3) is 0 Å². The normalized spacial score (nSPS) is 60.3. The number of hydrogen-bond acceptors (Lipinski definition) is 0. The molecule has 3 aliphatic rings. The molecule has 62 valence electrons. The third-order valence-electron chi connectivity index (χ3n) is 4.35. The first-order valence-electron chi connectivity index (χ1n) is 5.00. The lowest BCUT2D eigenvalue weighted by molar-refractivity contribution is 0.268. The lowest BCUT2D eigenvalue weighted by atomic mass is 9.82. The van der Waals surface area contributed by atoms with Gasteiger partial charge in [-0.2, -0.15) is 0 Å². The topological polar surface area (TPSA) is 0 Å². The van der Waals surface area contributed by atoms with Crippen molar-refractivity contribution < 1.29 is 0 Å². The minimum atomic E-state index is 0.895. The molecule has 0 spiro atoms. The maximum absolute atomic E-state index is 3.83. The first-order chi connectivity index (χ1) is 5.36. The molecule has 0 heterocycles. The summed E-state index contributed by atoms with van der Waals surface area (Å²) in [5, 5.41) is 0. The van der Waals surface area contributed by atoms with Gasteiger partial charge in [0.2, 0.25) is 0 Å². The Balaban J connectivity index is 1.90. The summed E-state index contributed by atoms with van der Waals surface area (Å²) in [6.07, 6.45) is 7.69.